The van der Waals surface area contributed by atoms with Gasteiger partial charge in [-0.3, -0.25) is 0 Å². The molecule has 0 aromatic heterocycles. The molecule has 0 saturated heterocycles. The summed E-state index contributed by atoms with van der Waals surface area (Å²) in [5, 5.41) is 0. The van der Waals surface area contributed by atoms with E-state index in [1.807, 2.05) is 0 Å². The van der Waals surface area contributed by atoms with Crippen LogP contribution in [0.1, 0.15) is 158 Å². The summed E-state index contributed by atoms with van der Waals surface area (Å²) in [5.74, 6) is 2.18. The Hall–Kier alpha value is -1.07. The van der Waals surface area contributed by atoms with Crippen molar-refractivity contribution in [3.05, 3.63) is 83.2 Å². The standard InChI is InChI=1S/C42H60Br3O3P/c1-37(2,3)25-19-28(40(10,11)12)34(31(43)22-25)46-49(47-35-29(41(13,14)15)20-26(23-32(35)44)38(4,5)6)48-36-30(42(16,17)18)21-27(24-33(36)45)39(7,8)9/h19-24H,1-18H3. The zero-order valence-electron chi connectivity index (χ0n) is 33.3. The van der Waals surface area contributed by atoms with Crippen molar-refractivity contribution < 1.29 is 13.6 Å². The summed E-state index contributed by atoms with van der Waals surface area (Å²) < 4.78 is 23.8. The van der Waals surface area contributed by atoms with Crippen LogP contribution in [0.5, 0.6) is 17.2 Å². The molecule has 3 aromatic rings. The third-order valence-electron chi connectivity index (χ3n) is 8.65. The molecule has 49 heavy (non-hydrogen) atoms. The highest BCUT2D eigenvalue weighted by Crippen LogP contribution is 2.54. The summed E-state index contributed by atoms with van der Waals surface area (Å²) in [6.45, 7) is 40.1. The van der Waals surface area contributed by atoms with E-state index in [-0.39, 0.29) is 32.5 Å². The first-order chi connectivity index (χ1) is 21.8. The lowest BCUT2D eigenvalue weighted by atomic mass is 9.80. The monoisotopic (exact) mass is 880 g/mol. The first-order valence-electron chi connectivity index (χ1n) is 17.2. The van der Waals surface area contributed by atoms with Crippen LogP contribution < -0.4 is 13.6 Å². The van der Waals surface area contributed by atoms with Crippen molar-refractivity contribution >= 4 is 56.4 Å². The van der Waals surface area contributed by atoms with Crippen LogP contribution in [0.3, 0.4) is 0 Å². The van der Waals surface area contributed by atoms with Gasteiger partial charge in [0.15, 0.2) is 0 Å². The maximum atomic E-state index is 7.05. The second kappa shape index (κ2) is 14.4. The molecule has 7 heteroatoms. The number of hydrogen-bond donors (Lipinski definition) is 0. The summed E-state index contributed by atoms with van der Waals surface area (Å²) in [4.78, 5) is 0. The summed E-state index contributed by atoms with van der Waals surface area (Å²) in [5.41, 5.74) is 6.19. The zero-order chi connectivity index (χ0) is 37.9. The van der Waals surface area contributed by atoms with Gasteiger partial charge in [-0.25, -0.2) is 0 Å². The van der Waals surface area contributed by atoms with Crippen molar-refractivity contribution in [2.75, 3.05) is 0 Å². The average molecular weight is 884 g/mol. The van der Waals surface area contributed by atoms with Crippen LogP contribution in [-0.2, 0) is 32.5 Å². The van der Waals surface area contributed by atoms with Crippen molar-refractivity contribution in [1.29, 1.82) is 0 Å². The third-order valence-corrected chi connectivity index (χ3v) is 11.4. The van der Waals surface area contributed by atoms with E-state index in [0.29, 0.717) is 0 Å². The van der Waals surface area contributed by atoms with E-state index in [4.69, 9.17) is 13.6 Å². The highest BCUT2D eigenvalue weighted by Gasteiger charge is 2.35. The summed E-state index contributed by atoms with van der Waals surface area (Å²) in [6, 6.07) is 13.3. The molecule has 3 rings (SSSR count). The van der Waals surface area contributed by atoms with Crippen molar-refractivity contribution in [3.8, 4) is 17.2 Å². The van der Waals surface area contributed by atoms with Gasteiger partial charge in [0.1, 0.15) is 17.2 Å². The van der Waals surface area contributed by atoms with Gasteiger partial charge in [-0.1, -0.05) is 143 Å². The second-order valence-electron chi connectivity index (χ2n) is 19.5. The molecule has 0 spiro atoms. The predicted octanol–water partition coefficient (Wildman–Crippen LogP) is 15.5. The molecule has 0 bridgehead atoms. The van der Waals surface area contributed by atoms with Gasteiger partial charge < -0.3 is 13.6 Å². The van der Waals surface area contributed by atoms with Crippen LogP contribution in [0.4, 0.5) is 0 Å². The Kier molecular flexibility index (Phi) is 12.4. The quantitative estimate of drug-likeness (QED) is 0.231. The van der Waals surface area contributed by atoms with E-state index < -0.39 is 8.60 Å². The number of hydrogen-bond acceptors (Lipinski definition) is 3. The van der Waals surface area contributed by atoms with Gasteiger partial charge in [-0.15, -0.1) is 0 Å². The molecule has 0 amide bonds. The fraction of sp³-hybridized carbons (Fsp3) is 0.571. The Morgan fingerprint density at radius 1 is 0.347 bits per heavy atom. The van der Waals surface area contributed by atoms with E-state index in [1.165, 1.54) is 16.7 Å². The highest BCUT2D eigenvalue weighted by atomic mass is 79.9. The van der Waals surface area contributed by atoms with Crippen LogP contribution in [-0.4, -0.2) is 0 Å². The zero-order valence-corrected chi connectivity index (χ0v) is 38.9. The Bertz CT molecular complexity index is 1470. The van der Waals surface area contributed by atoms with Crippen molar-refractivity contribution in [2.24, 2.45) is 0 Å². The molecule has 0 saturated carbocycles. The molecule has 3 aromatic carbocycles. The van der Waals surface area contributed by atoms with Gasteiger partial charge in [0.2, 0.25) is 0 Å². The minimum absolute atomic E-state index is 0.0403. The van der Waals surface area contributed by atoms with E-state index in [0.717, 1.165) is 47.4 Å². The molecule has 0 fully saturated rings. The molecular weight excluding hydrogens is 823 g/mol. The van der Waals surface area contributed by atoms with E-state index >= 15 is 0 Å². The van der Waals surface area contributed by atoms with Crippen LogP contribution in [0, 0.1) is 0 Å². The summed E-state index contributed by atoms with van der Waals surface area (Å²) in [6.07, 6.45) is 0. The van der Waals surface area contributed by atoms with Crippen LogP contribution >= 0.6 is 56.4 Å². The van der Waals surface area contributed by atoms with Crippen LogP contribution in [0.25, 0.3) is 0 Å². The van der Waals surface area contributed by atoms with Crippen molar-refractivity contribution in [3.63, 3.8) is 0 Å². The van der Waals surface area contributed by atoms with Gasteiger partial charge in [-0.05, 0) is 115 Å². The number of rotatable bonds is 6. The predicted molar refractivity (Wildman–Crippen MR) is 223 cm³/mol. The van der Waals surface area contributed by atoms with E-state index in [1.54, 1.807) is 0 Å². The Labute approximate surface area is 325 Å². The highest BCUT2D eigenvalue weighted by molar-refractivity contribution is 9.11. The Morgan fingerprint density at radius 2 is 0.551 bits per heavy atom. The van der Waals surface area contributed by atoms with Gasteiger partial charge in [0.25, 0.3) is 0 Å². The molecule has 0 aliphatic rings. The van der Waals surface area contributed by atoms with E-state index in [2.05, 4.69) is 209 Å². The second-order valence-corrected chi connectivity index (χ2v) is 23.1. The minimum Gasteiger partial charge on any atom is -0.407 e. The average Bonchev–Trinajstić information content (AvgIpc) is 2.87. The fourth-order valence-corrected chi connectivity index (χ4v) is 8.46. The lowest BCUT2D eigenvalue weighted by Gasteiger charge is -2.32. The molecule has 0 radical (unpaired) electrons. The van der Waals surface area contributed by atoms with Gasteiger partial charge in [0, 0.05) is 16.7 Å². The number of benzene rings is 3. The largest absolute Gasteiger partial charge is 0.530 e. The first kappa shape index (κ1) is 42.3. The van der Waals surface area contributed by atoms with Gasteiger partial charge in [-0.2, -0.15) is 0 Å². The molecule has 3 nitrogen and oxygen atoms in total. The molecule has 272 valence electrons. The van der Waals surface area contributed by atoms with Gasteiger partial charge >= 0.3 is 8.60 Å². The first-order valence-corrected chi connectivity index (χ1v) is 20.7. The Balaban J connectivity index is 2.37. The maximum absolute atomic E-state index is 7.05. The molecule has 0 heterocycles. The molecular formula is C42H60Br3O3P. The topological polar surface area (TPSA) is 27.7 Å². The lowest BCUT2D eigenvalue weighted by Crippen LogP contribution is -2.20. The lowest BCUT2D eigenvalue weighted by molar-refractivity contribution is 0.369. The molecule has 0 aliphatic heterocycles. The SMILES string of the molecule is CC(C)(C)c1cc(Br)c(OP(Oc2c(Br)cc(C(C)(C)C)cc2C(C)(C)C)Oc2c(Br)cc(C(C)(C)C)cc2C(C)(C)C)c(C(C)(C)C)c1. The van der Waals surface area contributed by atoms with Crippen molar-refractivity contribution in [2.45, 2.75) is 157 Å². The summed E-state index contributed by atoms with van der Waals surface area (Å²) in [7, 11) is -2.03. The fourth-order valence-electron chi connectivity index (χ4n) is 5.31. The van der Waals surface area contributed by atoms with E-state index in [9.17, 15) is 0 Å². The maximum Gasteiger partial charge on any atom is 0.530 e. The molecule has 0 atom stereocenters. The molecule has 0 N–H and O–H groups in total. The Morgan fingerprint density at radius 3 is 0.714 bits per heavy atom. The number of halogens is 3. The summed E-state index contributed by atoms with van der Waals surface area (Å²) >= 11 is 11.8. The minimum atomic E-state index is -2.03. The van der Waals surface area contributed by atoms with Gasteiger partial charge in [0.05, 0.1) is 13.4 Å². The van der Waals surface area contributed by atoms with Crippen LogP contribution in [0.2, 0.25) is 0 Å². The molecule has 0 unspecified atom stereocenters. The smallest absolute Gasteiger partial charge is 0.407 e. The van der Waals surface area contributed by atoms with Crippen LogP contribution in [0.15, 0.2) is 49.8 Å². The molecule has 0 aliphatic carbocycles. The third kappa shape index (κ3) is 10.5. The normalized spacial score (nSPS) is 13.6. The van der Waals surface area contributed by atoms with Crippen molar-refractivity contribution in [1.82, 2.24) is 0 Å².